The zero-order valence-electron chi connectivity index (χ0n) is 16.8. The lowest BCUT2D eigenvalue weighted by Crippen LogP contribution is -1.97. The predicted molar refractivity (Wildman–Crippen MR) is 121 cm³/mol. The van der Waals surface area contributed by atoms with Crippen LogP contribution < -0.4 is 0 Å². The number of fused-ring (bicyclic) bond motifs is 2. The van der Waals surface area contributed by atoms with Gasteiger partial charge in [0.2, 0.25) is 0 Å². The maximum absolute atomic E-state index is 9.19. The molecule has 6 aromatic rings. The molecular weight excluding hydrogens is 404 g/mol. The average molecular weight is 422 g/mol. The Hall–Kier alpha value is -4.72. The summed E-state index contributed by atoms with van der Waals surface area (Å²) in [4.78, 5) is 3.12. The van der Waals surface area contributed by atoms with E-state index in [0.29, 0.717) is 0 Å². The fraction of sp³-hybridized carbons (Fsp3) is 0. The van der Waals surface area contributed by atoms with Crippen molar-refractivity contribution in [3.8, 4) is 22.9 Å². The van der Waals surface area contributed by atoms with Crippen LogP contribution in [0.3, 0.4) is 0 Å². The van der Waals surface area contributed by atoms with Crippen molar-refractivity contribution in [1.29, 1.82) is 0 Å². The molecule has 0 aliphatic carbocycles. The second kappa shape index (κ2) is 8.19. The molecule has 8 heteroatoms. The third-order valence-corrected chi connectivity index (χ3v) is 4.73. The molecule has 0 fully saturated rings. The van der Waals surface area contributed by atoms with Crippen molar-refractivity contribution in [3.05, 3.63) is 97.1 Å². The van der Waals surface area contributed by atoms with Crippen LogP contribution in [-0.2, 0) is 0 Å². The Balaban J connectivity index is 0.000000135. The van der Waals surface area contributed by atoms with Crippen LogP contribution in [0.25, 0.3) is 33.4 Å². The summed E-state index contributed by atoms with van der Waals surface area (Å²) in [5, 5.41) is 35.7. The van der Waals surface area contributed by atoms with Crippen molar-refractivity contribution >= 4 is 22.1 Å². The molecule has 6 rings (SSSR count). The summed E-state index contributed by atoms with van der Waals surface area (Å²) in [5.74, 6) is 0.473. The molecule has 2 heterocycles. The van der Waals surface area contributed by atoms with Crippen LogP contribution in [-0.4, -0.2) is 40.2 Å². The van der Waals surface area contributed by atoms with E-state index in [0.717, 1.165) is 33.4 Å². The first kappa shape index (κ1) is 19.3. The molecule has 0 saturated heterocycles. The molecule has 0 spiro atoms. The highest BCUT2D eigenvalue weighted by atomic mass is 16.3. The molecule has 0 amide bonds. The molecule has 0 aliphatic rings. The van der Waals surface area contributed by atoms with E-state index in [1.807, 2.05) is 48.5 Å². The molecule has 156 valence electrons. The molecular formula is C24H18N6O2. The van der Waals surface area contributed by atoms with E-state index in [2.05, 4.69) is 20.4 Å². The van der Waals surface area contributed by atoms with E-state index in [4.69, 9.17) is 0 Å². The van der Waals surface area contributed by atoms with Gasteiger partial charge in [0.25, 0.3) is 0 Å². The van der Waals surface area contributed by atoms with Crippen LogP contribution in [0, 0.1) is 0 Å². The normalized spacial score (nSPS) is 10.8. The van der Waals surface area contributed by atoms with Crippen LogP contribution in [0.5, 0.6) is 11.5 Å². The van der Waals surface area contributed by atoms with Gasteiger partial charge in [0.15, 0.2) is 0 Å². The van der Waals surface area contributed by atoms with Gasteiger partial charge < -0.3 is 10.2 Å². The molecule has 0 atom stereocenters. The van der Waals surface area contributed by atoms with E-state index < -0.39 is 0 Å². The lowest BCUT2D eigenvalue weighted by molar-refractivity contribution is 0.474. The van der Waals surface area contributed by atoms with Crippen LogP contribution in [0.4, 0.5) is 0 Å². The highest BCUT2D eigenvalue weighted by Gasteiger charge is 2.04. The quantitative estimate of drug-likeness (QED) is 0.432. The first-order valence-electron chi connectivity index (χ1n) is 9.89. The number of hydrogen-bond donors (Lipinski definition) is 2. The van der Waals surface area contributed by atoms with Crippen molar-refractivity contribution < 1.29 is 10.2 Å². The molecule has 0 bridgehead atoms. The maximum Gasteiger partial charge on any atom is 0.115 e. The maximum atomic E-state index is 9.19. The molecule has 0 radical (unpaired) electrons. The summed E-state index contributed by atoms with van der Waals surface area (Å²) < 4.78 is 0. The number of hydrogen-bond acceptors (Lipinski definition) is 6. The van der Waals surface area contributed by atoms with Crippen molar-refractivity contribution in [2.45, 2.75) is 0 Å². The Kier molecular flexibility index (Phi) is 4.93. The average Bonchev–Trinajstić information content (AvgIpc) is 3.45. The smallest absolute Gasteiger partial charge is 0.115 e. The fourth-order valence-corrected chi connectivity index (χ4v) is 3.12. The number of nitrogens with zero attached hydrogens (tertiary/aromatic N) is 6. The fourth-order valence-electron chi connectivity index (χ4n) is 3.12. The van der Waals surface area contributed by atoms with E-state index in [-0.39, 0.29) is 11.5 Å². The third kappa shape index (κ3) is 3.97. The topological polar surface area (TPSA) is 102 Å². The summed E-state index contributed by atoms with van der Waals surface area (Å²) in [7, 11) is 0. The number of aromatic hydroxyl groups is 2. The molecule has 4 aromatic carbocycles. The Bertz CT molecular complexity index is 1310. The Morgan fingerprint density at radius 3 is 0.969 bits per heavy atom. The summed E-state index contributed by atoms with van der Waals surface area (Å²) in [6, 6.07) is 28.9. The largest absolute Gasteiger partial charge is 0.508 e. The Morgan fingerprint density at radius 2 is 0.688 bits per heavy atom. The van der Waals surface area contributed by atoms with E-state index in [9.17, 15) is 10.2 Å². The van der Waals surface area contributed by atoms with Crippen LogP contribution >= 0.6 is 0 Å². The van der Waals surface area contributed by atoms with Crippen molar-refractivity contribution in [2.24, 2.45) is 0 Å². The minimum absolute atomic E-state index is 0.237. The monoisotopic (exact) mass is 422 g/mol. The van der Waals surface area contributed by atoms with Gasteiger partial charge in [0.05, 0.1) is 11.4 Å². The zero-order valence-corrected chi connectivity index (χ0v) is 16.8. The summed E-state index contributed by atoms with van der Waals surface area (Å²) in [5.41, 5.74) is 5.08. The molecule has 2 aromatic heterocycles. The standard InChI is InChI=1S/2C12H9N3O/c2*16-10-7-5-9(6-8-10)15-13-11-3-1-2-4-12(11)14-15/h2*1-8,16H. The van der Waals surface area contributed by atoms with E-state index >= 15 is 0 Å². The summed E-state index contributed by atoms with van der Waals surface area (Å²) >= 11 is 0. The van der Waals surface area contributed by atoms with Gasteiger partial charge in [-0.3, -0.25) is 0 Å². The molecule has 32 heavy (non-hydrogen) atoms. The van der Waals surface area contributed by atoms with E-state index in [1.54, 1.807) is 58.1 Å². The highest BCUT2D eigenvalue weighted by Crippen LogP contribution is 2.16. The van der Waals surface area contributed by atoms with Crippen molar-refractivity contribution in [1.82, 2.24) is 30.0 Å². The lowest BCUT2D eigenvalue weighted by Gasteiger charge is -1.98. The van der Waals surface area contributed by atoms with Crippen LogP contribution in [0.15, 0.2) is 97.1 Å². The molecule has 0 aliphatic heterocycles. The molecule has 0 unspecified atom stereocenters. The van der Waals surface area contributed by atoms with Gasteiger partial charge in [-0.1, -0.05) is 24.3 Å². The van der Waals surface area contributed by atoms with Crippen molar-refractivity contribution in [3.63, 3.8) is 0 Å². The van der Waals surface area contributed by atoms with Crippen LogP contribution in [0.1, 0.15) is 0 Å². The summed E-state index contributed by atoms with van der Waals surface area (Å²) in [6.07, 6.45) is 0. The molecule has 8 nitrogen and oxygen atoms in total. The van der Waals surface area contributed by atoms with Gasteiger partial charge in [-0.05, 0) is 72.8 Å². The SMILES string of the molecule is Oc1ccc(-n2nc3ccccc3n2)cc1.Oc1ccc(-n2nc3ccccc3n2)cc1. The predicted octanol–water partition coefficient (Wildman–Crippen LogP) is 4.25. The Labute approximate surface area is 182 Å². The van der Waals surface area contributed by atoms with Gasteiger partial charge in [-0.2, -0.15) is 9.59 Å². The van der Waals surface area contributed by atoms with Gasteiger partial charge in [0.1, 0.15) is 33.6 Å². The first-order valence-corrected chi connectivity index (χ1v) is 9.89. The zero-order chi connectivity index (χ0) is 21.9. The van der Waals surface area contributed by atoms with Gasteiger partial charge in [0, 0.05) is 0 Å². The summed E-state index contributed by atoms with van der Waals surface area (Å²) in [6.45, 7) is 0. The Morgan fingerprint density at radius 1 is 0.406 bits per heavy atom. The molecule has 0 saturated carbocycles. The number of phenols is 2. The second-order valence-electron chi connectivity index (χ2n) is 6.99. The van der Waals surface area contributed by atoms with E-state index in [1.165, 1.54) is 0 Å². The van der Waals surface area contributed by atoms with Gasteiger partial charge >= 0.3 is 0 Å². The van der Waals surface area contributed by atoms with Gasteiger partial charge in [-0.15, -0.1) is 20.4 Å². The number of rotatable bonds is 2. The van der Waals surface area contributed by atoms with Crippen LogP contribution in [0.2, 0.25) is 0 Å². The van der Waals surface area contributed by atoms with Gasteiger partial charge in [-0.25, -0.2) is 0 Å². The highest BCUT2D eigenvalue weighted by molar-refractivity contribution is 5.74. The minimum Gasteiger partial charge on any atom is -0.508 e. The first-order chi connectivity index (χ1) is 15.7. The minimum atomic E-state index is 0.237. The lowest BCUT2D eigenvalue weighted by atomic mass is 10.3. The number of aromatic nitrogens is 6. The third-order valence-electron chi connectivity index (χ3n) is 4.73. The van der Waals surface area contributed by atoms with Crippen molar-refractivity contribution in [2.75, 3.05) is 0 Å². The second-order valence-corrected chi connectivity index (χ2v) is 6.99. The number of phenolic OH excluding ortho intramolecular Hbond substituents is 2. The number of benzene rings is 4. The molecule has 2 N–H and O–H groups in total.